The summed E-state index contributed by atoms with van der Waals surface area (Å²) in [5, 5.41) is 7.88. The lowest BCUT2D eigenvalue weighted by molar-refractivity contribution is -0.134. The van der Waals surface area contributed by atoms with Gasteiger partial charge < -0.3 is 24.6 Å². The van der Waals surface area contributed by atoms with Crippen LogP contribution in [0.2, 0.25) is 0 Å². The third-order valence-corrected chi connectivity index (χ3v) is 8.68. The van der Waals surface area contributed by atoms with E-state index in [1.807, 2.05) is 59.0 Å². The molecule has 2 aliphatic rings. The standard InChI is InChI=1S/C31H38N6O3/c1-35(25-7-3-2-4-8-25)21-27-19-24(34-40-27)17-23-20-32-14-11-22(23)18-30(38)36-15-12-26(13-16-36)37-29-10-6-5-9-28(29)33-31(37)39/h2-10,19,22-23,26,32H,11-18,20-21H2,1H3,(H,33,39). The Morgan fingerprint density at radius 1 is 1.05 bits per heavy atom. The molecular formula is C31H38N6O3. The molecule has 0 spiro atoms. The van der Waals surface area contributed by atoms with Gasteiger partial charge in [0, 0.05) is 44.4 Å². The Morgan fingerprint density at radius 2 is 1.82 bits per heavy atom. The number of carbonyl (C=O) groups is 1. The fourth-order valence-electron chi connectivity index (χ4n) is 6.45. The van der Waals surface area contributed by atoms with Crippen molar-refractivity contribution in [2.75, 3.05) is 38.1 Å². The number of aromatic nitrogens is 3. The molecule has 1 amide bonds. The smallest absolute Gasteiger partial charge is 0.326 e. The number of imidazole rings is 1. The average molecular weight is 543 g/mol. The second-order valence-electron chi connectivity index (χ2n) is 11.3. The van der Waals surface area contributed by atoms with Crippen molar-refractivity contribution in [3.05, 3.63) is 82.6 Å². The minimum atomic E-state index is -0.0637. The van der Waals surface area contributed by atoms with E-state index in [0.29, 0.717) is 37.9 Å². The maximum atomic E-state index is 13.4. The molecule has 4 heterocycles. The average Bonchev–Trinajstić information content (AvgIpc) is 3.57. The van der Waals surface area contributed by atoms with Crippen LogP contribution in [0.25, 0.3) is 11.0 Å². The van der Waals surface area contributed by atoms with Crippen molar-refractivity contribution in [1.29, 1.82) is 0 Å². The summed E-state index contributed by atoms with van der Waals surface area (Å²) in [5.41, 5.74) is 3.83. The summed E-state index contributed by atoms with van der Waals surface area (Å²) < 4.78 is 7.55. The molecule has 2 aromatic heterocycles. The number of H-pyrrole nitrogens is 1. The predicted octanol–water partition coefficient (Wildman–Crippen LogP) is 3.98. The summed E-state index contributed by atoms with van der Waals surface area (Å²) in [7, 11) is 2.05. The van der Waals surface area contributed by atoms with Crippen molar-refractivity contribution >= 4 is 22.6 Å². The molecule has 2 N–H and O–H groups in total. The Hall–Kier alpha value is -3.85. The largest absolute Gasteiger partial charge is 0.367 e. The molecule has 6 rings (SSSR count). The van der Waals surface area contributed by atoms with Crippen LogP contribution in [0.1, 0.15) is 43.2 Å². The molecule has 9 nitrogen and oxygen atoms in total. The van der Waals surface area contributed by atoms with Gasteiger partial charge in [-0.25, -0.2) is 4.79 Å². The fraction of sp³-hybridized carbons (Fsp3) is 0.452. The zero-order valence-corrected chi connectivity index (χ0v) is 23.1. The van der Waals surface area contributed by atoms with Crippen LogP contribution in [0.3, 0.4) is 0 Å². The molecule has 2 fully saturated rings. The quantitative estimate of drug-likeness (QED) is 0.350. The Kier molecular flexibility index (Phi) is 7.73. The van der Waals surface area contributed by atoms with Gasteiger partial charge in [-0.15, -0.1) is 0 Å². The van der Waals surface area contributed by atoms with E-state index in [4.69, 9.17) is 4.52 Å². The number of hydrogen-bond acceptors (Lipinski definition) is 6. The third-order valence-electron chi connectivity index (χ3n) is 8.68. The topological polar surface area (TPSA) is 99.4 Å². The summed E-state index contributed by atoms with van der Waals surface area (Å²) in [6, 6.07) is 20.2. The lowest BCUT2D eigenvalue weighted by Gasteiger charge is -2.36. The van der Waals surface area contributed by atoms with E-state index in [1.165, 1.54) is 0 Å². The second kappa shape index (κ2) is 11.7. The summed E-state index contributed by atoms with van der Waals surface area (Å²) in [6.07, 6.45) is 3.93. The molecule has 4 aromatic rings. The fourth-order valence-corrected chi connectivity index (χ4v) is 6.45. The van der Waals surface area contributed by atoms with Gasteiger partial charge in [0.1, 0.15) is 0 Å². The number of hydrogen-bond donors (Lipinski definition) is 2. The Morgan fingerprint density at radius 3 is 2.65 bits per heavy atom. The van der Waals surface area contributed by atoms with Gasteiger partial charge >= 0.3 is 5.69 Å². The number of nitrogens with zero attached hydrogens (tertiary/aromatic N) is 4. The molecule has 210 valence electrons. The molecule has 2 atom stereocenters. The number of likely N-dealkylation sites (tertiary alicyclic amines) is 1. The lowest BCUT2D eigenvalue weighted by atomic mass is 9.81. The number of aromatic amines is 1. The molecule has 0 saturated carbocycles. The maximum absolute atomic E-state index is 13.4. The normalized spacial score (nSPS) is 20.2. The van der Waals surface area contributed by atoms with E-state index in [2.05, 4.69) is 38.6 Å². The minimum Gasteiger partial charge on any atom is -0.367 e. The second-order valence-corrected chi connectivity index (χ2v) is 11.3. The van der Waals surface area contributed by atoms with Crippen molar-refractivity contribution in [3.8, 4) is 0 Å². The first kappa shape index (κ1) is 26.4. The Bertz CT molecular complexity index is 1480. The van der Waals surface area contributed by atoms with Gasteiger partial charge in [-0.05, 0) is 74.9 Å². The van der Waals surface area contributed by atoms with Crippen LogP contribution in [0.15, 0.2) is 70.0 Å². The van der Waals surface area contributed by atoms with Crippen molar-refractivity contribution in [2.24, 2.45) is 11.8 Å². The van der Waals surface area contributed by atoms with Crippen LogP contribution >= 0.6 is 0 Å². The monoisotopic (exact) mass is 542 g/mol. The van der Waals surface area contributed by atoms with E-state index in [0.717, 1.165) is 66.9 Å². The van der Waals surface area contributed by atoms with Gasteiger partial charge in [0.25, 0.3) is 0 Å². The number of anilines is 1. The van der Waals surface area contributed by atoms with E-state index < -0.39 is 0 Å². The van der Waals surface area contributed by atoms with Crippen molar-refractivity contribution in [2.45, 2.75) is 44.7 Å². The number of benzene rings is 2. The molecule has 9 heteroatoms. The number of nitrogens with one attached hydrogen (secondary N) is 2. The summed E-state index contributed by atoms with van der Waals surface area (Å²) in [5.74, 6) is 1.72. The van der Waals surface area contributed by atoms with Gasteiger partial charge in [-0.1, -0.05) is 35.5 Å². The molecule has 2 aliphatic heterocycles. The Balaban J connectivity index is 1.04. The van der Waals surface area contributed by atoms with Crippen LogP contribution in [-0.4, -0.2) is 58.7 Å². The number of piperidine rings is 2. The highest BCUT2D eigenvalue weighted by atomic mass is 16.5. The zero-order chi connectivity index (χ0) is 27.5. The van der Waals surface area contributed by atoms with Crippen LogP contribution < -0.4 is 15.9 Å². The maximum Gasteiger partial charge on any atom is 0.326 e. The van der Waals surface area contributed by atoms with Gasteiger partial charge in [0.15, 0.2) is 5.76 Å². The first-order valence-electron chi connectivity index (χ1n) is 14.4. The van der Waals surface area contributed by atoms with Crippen LogP contribution in [0.4, 0.5) is 5.69 Å². The minimum absolute atomic E-state index is 0.0637. The SMILES string of the molecule is CN(Cc1cc(CC2CNCCC2CC(=O)N2CCC(n3c(=O)[nH]c4ccccc43)CC2)no1)c1ccccc1. The zero-order valence-electron chi connectivity index (χ0n) is 23.1. The molecule has 2 saturated heterocycles. The number of fused-ring (bicyclic) bond motifs is 1. The number of rotatable bonds is 8. The van der Waals surface area contributed by atoms with Crippen LogP contribution in [-0.2, 0) is 17.8 Å². The molecule has 2 aromatic carbocycles. The first-order chi connectivity index (χ1) is 19.5. The molecule has 0 radical (unpaired) electrons. The number of amides is 1. The van der Waals surface area contributed by atoms with E-state index >= 15 is 0 Å². The van der Waals surface area contributed by atoms with Crippen LogP contribution in [0.5, 0.6) is 0 Å². The molecule has 40 heavy (non-hydrogen) atoms. The lowest BCUT2D eigenvalue weighted by Crippen LogP contribution is -2.44. The summed E-state index contributed by atoms with van der Waals surface area (Å²) >= 11 is 0. The van der Waals surface area contributed by atoms with Gasteiger partial charge in [0.05, 0.1) is 23.3 Å². The van der Waals surface area contributed by atoms with E-state index in [-0.39, 0.29) is 17.6 Å². The predicted molar refractivity (Wildman–Crippen MR) is 155 cm³/mol. The molecular weight excluding hydrogens is 504 g/mol. The summed E-state index contributed by atoms with van der Waals surface area (Å²) in [4.78, 5) is 33.1. The van der Waals surface area contributed by atoms with Crippen molar-refractivity contribution in [3.63, 3.8) is 0 Å². The van der Waals surface area contributed by atoms with Crippen molar-refractivity contribution < 1.29 is 9.32 Å². The van der Waals surface area contributed by atoms with E-state index in [9.17, 15) is 9.59 Å². The third kappa shape index (κ3) is 5.70. The molecule has 0 aliphatic carbocycles. The van der Waals surface area contributed by atoms with E-state index in [1.54, 1.807) is 0 Å². The van der Waals surface area contributed by atoms with Gasteiger partial charge in [-0.2, -0.15) is 0 Å². The number of carbonyl (C=O) groups excluding carboxylic acids is 1. The molecule has 0 bridgehead atoms. The summed E-state index contributed by atoms with van der Waals surface area (Å²) in [6.45, 7) is 3.85. The van der Waals surface area contributed by atoms with Gasteiger partial charge in [-0.3, -0.25) is 9.36 Å². The van der Waals surface area contributed by atoms with Gasteiger partial charge in [0.2, 0.25) is 5.91 Å². The highest BCUT2D eigenvalue weighted by Crippen LogP contribution is 2.30. The molecule has 2 unspecified atom stereocenters. The number of para-hydroxylation sites is 3. The highest BCUT2D eigenvalue weighted by molar-refractivity contribution is 5.77. The first-order valence-corrected chi connectivity index (χ1v) is 14.4. The highest BCUT2D eigenvalue weighted by Gasteiger charge is 2.32. The Labute approximate surface area is 234 Å². The van der Waals surface area contributed by atoms with Crippen LogP contribution in [0, 0.1) is 11.8 Å². The van der Waals surface area contributed by atoms with Crippen molar-refractivity contribution in [1.82, 2.24) is 24.9 Å².